The maximum Gasteiger partial charge on any atom is 0.00886 e. The lowest BCUT2D eigenvalue weighted by Crippen LogP contribution is -2.23. The first-order chi connectivity index (χ1) is 10.8. The maximum atomic E-state index is 3.35. The zero-order valence-electron chi connectivity index (χ0n) is 15.8. The van der Waals surface area contributed by atoms with Crippen LogP contribution in [-0.2, 0) is 0 Å². The quantitative estimate of drug-likeness (QED) is 0.336. The van der Waals surface area contributed by atoms with Gasteiger partial charge in [-0.05, 0) is 65.0 Å². The van der Waals surface area contributed by atoms with E-state index in [0.717, 1.165) is 12.8 Å². The van der Waals surface area contributed by atoms with Crippen molar-refractivity contribution in [3.63, 3.8) is 0 Å². The Morgan fingerprint density at radius 1 is 0.500 bits per heavy atom. The van der Waals surface area contributed by atoms with Crippen molar-refractivity contribution in [3.8, 4) is 11.8 Å². The van der Waals surface area contributed by atoms with E-state index in [9.17, 15) is 0 Å². The minimum Gasteiger partial charge on any atom is -0.304 e. The smallest absolute Gasteiger partial charge is 0.00886 e. The van der Waals surface area contributed by atoms with Crippen molar-refractivity contribution >= 4 is 0 Å². The van der Waals surface area contributed by atoms with Gasteiger partial charge in [0.25, 0.3) is 0 Å². The molecule has 0 N–H and O–H groups in total. The minimum atomic E-state index is 1.09. The van der Waals surface area contributed by atoms with E-state index in [1.165, 1.54) is 77.8 Å². The SMILES string of the molecule is CCN(CC)CCCCCC#CCCCCCN(CC)CC. The molecule has 0 aliphatic rings. The fourth-order valence-electron chi connectivity index (χ4n) is 2.71. The molecule has 0 radical (unpaired) electrons. The Bertz CT molecular complexity index is 243. The summed E-state index contributed by atoms with van der Waals surface area (Å²) in [5, 5.41) is 0. The molecule has 22 heavy (non-hydrogen) atoms. The van der Waals surface area contributed by atoms with E-state index in [2.05, 4.69) is 49.3 Å². The first kappa shape index (κ1) is 21.5. The molecular formula is C20H40N2. The fourth-order valence-corrected chi connectivity index (χ4v) is 2.71. The molecule has 0 saturated carbocycles. The van der Waals surface area contributed by atoms with Gasteiger partial charge in [-0.25, -0.2) is 0 Å². The van der Waals surface area contributed by atoms with Crippen LogP contribution in [0.4, 0.5) is 0 Å². The van der Waals surface area contributed by atoms with E-state index in [0.29, 0.717) is 0 Å². The lowest BCUT2D eigenvalue weighted by atomic mass is 10.1. The second-order valence-electron chi connectivity index (χ2n) is 6.03. The van der Waals surface area contributed by atoms with Gasteiger partial charge in [0.05, 0.1) is 0 Å². The molecule has 0 aliphatic heterocycles. The van der Waals surface area contributed by atoms with E-state index in [1.54, 1.807) is 0 Å². The largest absolute Gasteiger partial charge is 0.304 e. The second-order valence-corrected chi connectivity index (χ2v) is 6.03. The highest BCUT2D eigenvalue weighted by atomic mass is 15.1. The average molecular weight is 309 g/mol. The van der Waals surface area contributed by atoms with Crippen molar-refractivity contribution < 1.29 is 0 Å². The summed E-state index contributed by atoms with van der Waals surface area (Å²) in [4.78, 5) is 5.01. The van der Waals surface area contributed by atoms with Gasteiger partial charge in [-0.1, -0.05) is 40.5 Å². The zero-order valence-corrected chi connectivity index (χ0v) is 15.8. The van der Waals surface area contributed by atoms with E-state index in [-0.39, 0.29) is 0 Å². The van der Waals surface area contributed by atoms with Gasteiger partial charge in [-0.2, -0.15) is 0 Å². The third-order valence-electron chi connectivity index (χ3n) is 4.47. The number of hydrogen-bond acceptors (Lipinski definition) is 2. The number of nitrogens with zero attached hydrogens (tertiary/aromatic N) is 2. The summed E-state index contributed by atoms with van der Waals surface area (Å²) in [6.07, 6.45) is 10.1. The van der Waals surface area contributed by atoms with Crippen LogP contribution in [0.5, 0.6) is 0 Å². The van der Waals surface area contributed by atoms with Crippen molar-refractivity contribution in [2.24, 2.45) is 0 Å². The average Bonchev–Trinajstić information content (AvgIpc) is 2.55. The standard InChI is InChI=1S/C20H40N2/c1-5-21(6-2)19-17-15-13-11-9-10-12-14-16-18-20-22(7-3)8-4/h5-8,11-20H2,1-4H3. The third kappa shape index (κ3) is 13.2. The van der Waals surface area contributed by atoms with Crippen molar-refractivity contribution in [2.75, 3.05) is 39.3 Å². The van der Waals surface area contributed by atoms with Crippen LogP contribution in [0.25, 0.3) is 0 Å². The molecule has 0 aromatic rings. The molecule has 0 atom stereocenters. The maximum absolute atomic E-state index is 3.35. The van der Waals surface area contributed by atoms with Crippen LogP contribution in [0.1, 0.15) is 79.1 Å². The van der Waals surface area contributed by atoms with Crippen molar-refractivity contribution in [1.82, 2.24) is 9.80 Å². The topological polar surface area (TPSA) is 6.48 Å². The molecule has 2 nitrogen and oxygen atoms in total. The Morgan fingerprint density at radius 3 is 1.18 bits per heavy atom. The molecular weight excluding hydrogens is 268 g/mol. The summed E-state index contributed by atoms with van der Waals surface area (Å²) in [6, 6.07) is 0. The van der Waals surface area contributed by atoms with Crippen molar-refractivity contribution in [3.05, 3.63) is 0 Å². The van der Waals surface area contributed by atoms with Gasteiger partial charge in [0.2, 0.25) is 0 Å². The van der Waals surface area contributed by atoms with Crippen molar-refractivity contribution in [1.29, 1.82) is 0 Å². The molecule has 0 fully saturated rings. The highest BCUT2D eigenvalue weighted by Crippen LogP contribution is 2.03. The molecule has 0 aromatic heterocycles. The van der Waals surface area contributed by atoms with Gasteiger partial charge in [0, 0.05) is 12.8 Å². The van der Waals surface area contributed by atoms with Crippen LogP contribution < -0.4 is 0 Å². The Hall–Kier alpha value is -0.520. The van der Waals surface area contributed by atoms with Crippen LogP contribution in [0, 0.1) is 11.8 Å². The summed E-state index contributed by atoms with van der Waals surface area (Å²) in [6.45, 7) is 16.2. The Balaban J connectivity index is 3.32. The molecule has 130 valence electrons. The zero-order chi connectivity index (χ0) is 16.5. The van der Waals surface area contributed by atoms with Gasteiger partial charge < -0.3 is 9.80 Å². The monoisotopic (exact) mass is 308 g/mol. The predicted octanol–water partition coefficient (Wildman–Crippen LogP) is 4.79. The first-order valence-corrected chi connectivity index (χ1v) is 9.68. The highest BCUT2D eigenvalue weighted by Gasteiger charge is 1.98. The van der Waals surface area contributed by atoms with Gasteiger partial charge in [0.1, 0.15) is 0 Å². The summed E-state index contributed by atoms with van der Waals surface area (Å²) >= 11 is 0. The van der Waals surface area contributed by atoms with E-state index >= 15 is 0 Å². The van der Waals surface area contributed by atoms with E-state index < -0.39 is 0 Å². The van der Waals surface area contributed by atoms with Gasteiger partial charge in [0.15, 0.2) is 0 Å². The lowest BCUT2D eigenvalue weighted by Gasteiger charge is -2.17. The summed E-state index contributed by atoms with van der Waals surface area (Å²) in [5.41, 5.74) is 0. The summed E-state index contributed by atoms with van der Waals surface area (Å²) in [5.74, 6) is 6.70. The molecule has 0 aliphatic carbocycles. The molecule has 2 heteroatoms. The van der Waals surface area contributed by atoms with Crippen LogP contribution in [-0.4, -0.2) is 49.1 Å². The Labute approximate surface area is 140 Å². The first-order valence-electron chi connectivity index (χ1n) is 9.68. The van der Waals surface area contributed by atoms with Crippen LogP contribution in [0.15, 0.2) is 0 Å². The Kier molecular flexibility index (Phi) is 16.4. The normalized spacial score (nSPS) is 11.0. The van der Waals surface area contributed by atoms with Crippen molar-refractivity contribution in [2.45, 2.75) is 79.1 Å². The molecule has 0 rings (SSSR count). The molecule has 0 heterocycles. The molecule has 0 amide bonds. The molecule has 0 saturated heterocycles. The van der Waals surface area contributed by atoms with E-state index in [4.69, 9.17) is 0 Å². The number of hydrogen-bond donors (Lipinski definition) is 0. The summed E-state index contributed by atoms with van der Waals surface area (Å²) < 4.78 is 0. The second kappa shape index (κ2) is 16.8. The van der Waals surface area contributed by atoms with Crippen LogP contribution >= 0.6 is 0 Å². The summed E-state index contributed by atoms with van der Waals surface area (Å²) in [7, 11) is 0. The van der Waals surface area contributed by atoms with E-state index in [1.807, 2.05) is 0 Å². The number of rotatable bonds is 14. The molecule has 0 bridgehead atoms. The van der Waals surface area contributed by atoms with Gasteiger partial charge in [-0.15, -0.1) is 11.8 Å². The molecule has 0 aromatic carbocycles. The molecule has 0 unspecified atom stereocenters. The number of unbranched alkanes of at least 4 members (excludes halogenated alkanes) is 6. The van der Waals surface area contributed by atoms with Crippen LogP contribution in [0.2, 0.25) is 0 Å². The Morgan fingerprint density at radius 2 is 0.864 bits per heavy atom. The van der Waals surface area contributed by atoms with Crippen LogP contribution in [0.3, 0.4) is 0 Å². The van der Waals surface area contributed by atoms with Gasteiger partial charge >= 0.3 is 0 Å². The lowest BCUT2D eigenvalue weighted by molar-refractivity contribution is 0.296. The molecule has 0 spiro atoms. The minimum absolute atomic E-state index is 1.09. The fraction of sp³-hybridized carbons (Fsp3) is 0.900. The highest BCUT2D eigenvalue weighted by molar-refractivity contribution is 4.98. The third-order valence-corrected chi connectivity index (χ3v) is 4.47. The van der Waals surface area contributed by atoms with Gasteiger partial charge in [-0.3, -0.25) is 0 Å². The predicted molar refractivity (Wildman–Crippen MR) is 100 cm³/mol.